The number of carbonyl (C=O) groups excluding carboxylic acids is 1. The number of aryl methyl sites for hydroxylation is 1. The molecule has 0 bridgehead atoms. The maximum Gasteiger partial charge on any atom is 0.391 e. The standard InChI is InChI=1S/C16H23F3N4O2/c1-10-20-14(25-22-10)11-4-3-7-23(9-11)15(24)21-13-6-2-5-12(8-13)16(17,18)19/h11-13H,2-9H2,1H3,(H,21,24). The van der Waals surface area contributed by atoms with E-state index in [2.05, 4.69) is 15.5 Å². The monoisotopic (exact) mass is 360 g/mol. The molecule has 3 unspecified atom stereocenters. The number of alkyl halides is 3. The summed E-state index contributed by atoms with van der Waals surface area (Å²) in [5, 5.41) is 6.56. The van der Waals surface area contributed by atoms with E-state index in [1.165, 1.54) is 0 Å². The maximum atomic E-state index is 12.9. The van der Waals surface area contributed by atoms with Gasteiger partial charge in [0.15, 0.2) is 5.82 Å². The normalized spacial score (nSPS) is 28.0. The van der Waals surface area contributed by atoms with Gasteiger partial charge in [0.1, 0.15) is 0 Å². The van der Waals surface area contributed by atoms with E-state index in [1.807, 2.05) is 0 Å². The number of piperidine rings is 1. The molecule has 3 atom stereocenters. The number of urea groups is 1. The molecule has 2 fully saturated rings. The topological polar surface area (TPSA) is 71.3 Å². The summed E-state index contributed by atoms with van der Waals surface area (Å²) >= 11 is 0. The number of likely N-dealkylation sites (tertiary alicyclic amines) is 1. The number of amides is 2. The third-order valence-corrected chi connectivity index (χ3v) is 5.07. The third kappa shape index (κ3) is 4.43. The number of halogens is 3. The number of hydrogen-bond acceptors (Lipinski definition) is 4. The summed E-state index contributed by atoms with van der Waals surface area (Å²) in [5.41, 5.74) is 0. The Hall–Kier alpha value is -1.80. The van der Waals surface area contributed by atoms with Crippen LogP contribution in [0.5, 0.6) is 0 Å². The molecule has 0 aromatic carbocycles. The van der Waals surface area contributed by atoms with Crippen LogP contribution in [0.1, 0.15) is 56.2 Å². The average molecular weight is 360 g/mol. The zero-order chi connectivity index (χ0) is 18.0. The molecule has 2 aliphatic rings. The smallest absolute Gasteiger partial charge is 0.339 e. The van der Waals surface area contributed by atoms with Crippen molar-refractivity contribution in [1.82, 2.24) is 20.4 Å². The number of nitrogens with zero attached hydrogens (tertiary/aromatic N) is 3. The van der Waals surface area contributed by atoms with Crippen LogP contribution >= 0.6 is 0 Å². The van der Waals surface area contributed by atoms with Crippen molar-refractivity contribution < 1.29 is 22.5 Å². The van der Waals surface area contributed by atoms with E-state index >= 15 is 0 Å². The highest BCUT2D eigenvalue weighted by Gasteiger charge is 2.42. The van der Waals surface area contributed by atoms with Gasteiger partial charge in [0.05, 0.1) is 11.8 Å². The molecule has 1 saturated carbocycles. The largest absolute Gasteiger partial charge is 0.391 e. The third-order valence-electron chi connectivity index (χ3n) is 5.07. The van der Waals surface area contributed by atoms with Crippen molar-refractivity contribution in [3.63, 3.8) is 0 Å². The molecule has 9 heteroatoms. The molecule has 1 aromatic rings. The van der Waals surface area contributed by atoms with Crippen LogP contribution < -0.4 is 5.32 Å². The van der Waals surface area contributed by atoms with Gasteiger partial charge < -0.3 is 14.7 Å². The van der Waals surface area contributed by atoms with Crippen LogP contribution in [0, 0.1) is 12.8 Å². The Morgan fingerprint density at radius 1 is 1.28 bits per heavy atom. The number of aromatic nitrogens is 2. The van der Waals surface area contributed by atoms with E-state index in [-0.39, 0.29) is 24.8 Å². The summed E-state index contributed by atoms with van der Waals surface area (Å²) in [6, 6.07) is -0.715. The first-order valence-electron chi connectivity index (χ1n) is 8.75. The molecule has 2 amide bonds. The predicted molar refractivity (Wildman–Crippen MR) is 82.9 cm³/mol. The predicted octanol–water partition coefficient (Wildman–Crippen LogP) is 3.39. The zero-order valence-corrected chi connectivity index (χ0v) is 14.2. The fraction of sp³-hybridized carbons (Fsp3) is 0.812. The average Bonchev–Trinajstić information content (AvgIpc) is 3.01. The molecular weight excluding hydrogens is 337 g/mol. The molecule has 1 aliphatic carbocycles. The van der Waals surface area contributed by atoms with Crippen LogP contribution in [0.4, 0.5) is 18.0 Å². The number of rotatable bonds is 2. The summed E-state index contributed by atoms with van der Waals surface area (Å²) in [7, 11) is 0. The molecule has 3 rings (SSSR count). The van der Waals surface area contributed by atoms with Crippen molar-refractivity contribution in [3.8, 4) is 0 Å². The molecule has 140 valence electrons. The van der Waals surface area contributed by atoms with Gasteiger partial charge in [-0.25, -0.2) is 4.79 Å². The Kier molecular flexibility index (Phi) is 5.19. The first-order valence-corrected chi connectivity index (χ1v) is 8.75. The second kappa shape index (κ2) is 7.21. The molecule has 6 nitrogen and oxygen atoms in total. The van der Waals surface area contributed by atoms with Crippen LogP contribution in [-0.2, 0) is 0 Å². The van der Waals surface area contributed by atoms with Crippen molar-refractivity contribution in [3.05, 3.63) is 11.7 Å². The highest BCUT2D eigenvalue weighted by atomic mass is 19.4. The van der Waals surface area contributed by atoms with E-state index in [4.69, 9.17) is 4.52 Å². The number of nitrogens with one attached hydrogen (secondary N) is 1. The van der Waals surface area contributed by atoms with Crippen LogP contribution in [0.25, 0.3) is 0 Å². The lowest BCUT2D eigenvalue weighted by Gasteiger charge is -2.35. The Morgan fingerprint density at radius 3 is 2.76 bits per heavy atom. The van der Waals surface area contributed by atoms with Crippen molar-refractivity contribution in [2.45, 2.75) is 63.6 Å². The molecule has 25 heavy (non-hydrogen) atoms. The van der Waals surface area contributed by atoms with Crippen LogP contribution in [0.3, 0.4) is 0 Å². The fourth-order valence-electron chi connectivity index (χ4n) is 3.73. The van der Waals surface area contributed by atoms with Crippen LogP contribution in [-0.4, -0.2) is 46.4 Å². The SMILES string of the molecule is Cc1noc(C2CCCN(C(=O)NC3CCCC(C(F)(F)F)C3)C2)n1. The molecule has 1 saturated heterocycles. The number of hydrogen-bond donors (Lipinski definition) is 1. The van der Waals surface area contributed by atoms with Crippen molar-refractivity contribution >= 4 is 6.03 Å². The van der Waals surface area contributed by atoms with E-state index in [0.717, 1.165) is 12.8 Å². The lowest BCUT2D eigenvalue weighted by atomic mass is 9.85. The van der Waals surface area contributed by atoms with Crippen molar-refractivity contribution in [2.24, 2.45) is 5.92 Å². The molecule has 1 N–H and O–H groups in total. The summed E-state index contributed by atoms with van der Waals surface area (Å²) in [4.78, 5) is 18.3. The lowest BCUT2D eigenvalue weighted by Crippen LogP contribution is -2.50. The first-order chi connectivity index (χ1) is 11.8. The Balaban J connectivity index is 1.55. The maximum absolute atomic E-state index is 12.9. The fourth-order valence-corrected chi connectivity index (χ4v) is 3.73. The summed E-state index contributed by atoms with van der Waals surface area (Å²) < 4.78 is 43.9. The van der Waals surface area contributed by atoms with E-state index in [9.17, 15) is 18.0 Å². The Bertz CT molecular complexity index is 604. The second-order valence-electron chi connectivity index (χ2n) is 7.02. The first kappa shape index (κ1) is 18.0. The molecule has 1 aromatic heterocycles. The van der Waals surface area contributed by atoms with E-state index in [1.54, 1.807) is 11.8 Å². The van der Waals surface area contributed by atoms with Crippen LogP contribution in [0.15, 0.2) is 4.52 Å². The molecule has 0 spiro atoms. The molecular formula is C16H23F3N4O2. The van der Waals surface area contributed by atoms with Crippen molar-refractivity contribution in [1.29, 1.82) is 0 Å². The summed E-state index contributed by atoms with van der Waals surface area (Å²) in [6.07, 6.45) is -1.33. The minimum atomic E-state index is -4.19. The number of carbonyl (C=O) groups is 1. The van der Waals surface area contributed by atoms with Gasteiger partial charge in [-0.2, -0.15) is 18.2 Å². The minimum Gasteiger partial charge on any atom is -0.339 e. The van der Waals surface area contributed by atoms with E-state index < -0.39 is 18.1 Å². The second-order valence-corrected chi connectivity index (χ2v) is 7.02. The summed E-state index contributed by atoms with van der Waals surface area (Å²) in [5.74, 6) is -0.265. The van der Waals surface area contributed by atoms with Gasteiger partial charge in [0, 0.05) is 19.1 Å². The highest BCUT2D eigenvalue weighted by Crippen LogP contribution is 2.37. The molecule has 0 radical (unpaired) electrons. The minimum absolute atomic E-state index is 0.0185. The Morgan fingerprint density at radius 2 is 2.08 bits per heavy atom. The van der Waals surface area contributed by atoms with Gasteiger partial charge in [0.2, 0.25) is 5.89 Å². The van der Waals surface area contributed by atoms with Gasteiger partial charge >= 0.3 is 12.2 Å². The van der Waals surface area contributed by atoms with E-state index in [0.29, 0.717) is 37.6 Å². The highest BCUT2D eigenvalue weighted by molar-refractivity contribution is 5.74. The van der Waals surface area contributed by atoms with Crippen molar-refractivity contribution in [2.75, 3.05) is 13.1 Å². The zero-order valence-electron chi connectivity index (χ0n) is 14.2. The van der Waals surface area contributed by atoms with Gasteiger partial charge in [-0.1, -0.05) is 11.6 Å². The van der Waals surface area contributed by atoms with Gasteiger partial charge in [-0.15, -0.1) is 0 Å². The van der Waals surface area contributed by atoms with Gasteiger partial charge in [-0.3, -0.25) is 0 Å². The van der Waals surface area contributed by atoms with Crippen LogP contribution in [0.2, 0.25) is 0 Å². The molecule has 1 aliphatic heterocycles. The summed E-state index contributed by atoms with van der Waals surface area (Å²) in [6.45, 7) is 2.77. The lowest BCUT2D eigenvalue weighted by molar-refractivity contribution is -0.183. The Labute approximate surface area is 144 Å². The van der Waals surface area contributed by atoms with Gasteiger partial charge in [0.25, 0.3) is 0 Å². The molecule has 2 heterocycles. The quantitative estimate of drug-likeness (QED) is 0.878. The van der Waals surface area contributed by atoms with Gasteiger partial charge in [-0.05, 0) is 39.0 Å².